The minimum atomic E-state index is -1.13. The fourth-order valence-electron chi connectivity index (χ4n) is 3.09. The standard InChI is InChI=1S/C30H38O11/c1-4-26(33)37-18-8-7-17-36-24-15-13-23(14-16-25(31)32)29(40-21-11-9-19-38-27(34)5-2)30(24)41-22-12-10-20-39-28(35)6-3/h4-6,13-16H,1-3,7-12,17-22H2,(H,31,32)/b16-14+. The van der Waals surface area contributed by atoms with Crippen LogP contribution in [0.2, 0.25) is 0 Å². The number of esters is 3. The van der Waals surface area contributed by atoms with Gasteiger partial charge < -0.3 is 33.5 Å². The van der Waals surface area contributed by atoms with Gasteiger partial charge in [-0.25, -0.2) is 19.2 Å². The van der Waals surface area contributed by atoms with Gasteiger partial charge in [0.2, 0.25) is 5.75 Å². The van der Waals surface area contributed by atoms with Crippen molar-refractivity contribution in [1.82, 2.24) is 0 Å². The van der Waals surface area contributed by atoms with Crippen LogP contribution >= 0.6 is 0 Å². The number of rotatable bonds is 23. The lowest BCUT2D eigenvalue weighted by Crippen LogP contribution is -2.09. The van der Waals surface area contributed by atoms with Crippen LogP contribution in [0, 0.1) is 0 Å². The van der Waals surface area contributed by atoms with Crippen LogP contribution < -0.4 is 14.2 Å². The molecule has 1 N–H and O–H groups in total. The average molecular weight is 575 g/mol. The molecule has 0 unspecified atom stereocenters. The Bertz CT molecular complexity index is 1060. The summed E-state index contributed by atoms with van der Waals surface area (Å²) in [6.07, 6.45) is 8.95. The zero-order valence-corrected chi connectivity index (χ0v) is 23.2. The van der Waals surface area contributed by atoms with Crippen LogP contribution in [-0.2, 0) is 33.4 Å². The summed E-state index contributed by atoms with van der Waals surface area (Å²) in [5.41, 5.74) is 0.462. The molecule has 0 saturated heterocycles. The van der Waals surface area contributed by atoms with Crippen LogP contribution in [0.1, 0.15) is 44.1 Å². The normalized spacial score (nSPS) is 10.3. The Balaban J connectivity index is 2.99. The molecule has 0 fully saturated rings. The first-order valence-corrected chi connectivity index (χ1v) is 13.2. The van der Waals surface area contributed by atoms with E-state index in [-0.39, 0.29) is 45.4 Å². The Labute approximate surface area is 240 Å². The van der Waals surface area contributed by atoms with Crippen molar-refractivity contribution in [3.63, 3.8) is 0 Å². The van der Waals surface area contributed by atoms with E-state index in [9.17, 15) is 19.2 Å². The number of aliphatic carboxylic acids is 1. The molecule has 1 aromatic rings. The molecule has 224 valence electrons. The van der Waals surface area contributed by atoms with Gasteiger partial charge in [0.15, 0.2) is 11.5 Å². The number of carboxylic acid groups (broad SMARTS) is 1. The molecule has 0 aromatic heterocycles. The van der Waals surface area contributed by atoms with Gasteiger partial charge >= 0.3 is 23.9 Å². The van der Waals surface area contributed by atoms with Crippen LogP contribution in [0.5, 0.6) is 17.2 Å². The number of benzene rings is 1. The van der Waals surface area contributed by atoms with E-state index in [1.807, 2.05) is 0 Å². The predicted molar refractivity (Wildman–Crippen MR) is 151 cm³/mol. The fourth-order valence-corrected chi connectivity index (χ4v) is 3.09. The van der Waals surface area contributed by atoms with Crippen molar-refractivity contribution < 1.29 is 52.7 Å². The summed E-state index contributed by atoms with van der Waals surface area (Å²) in [6.45, 7) is 11.4. The highest BCUT2D eigenvalue weighted by Gasteiger charge is 2.18. The van der Waals surface area contributed by atoms with E-state index in [0.29, 0.717) is 55.6 Å². The molecule has 0 aliphatic heterocycles. The molecule has 0 aliphatic carbocycles. The van der Waals surface area contributed by atoms with Gasteiger partial charge in [0, 0.05) is 29.9 Å². The number of ether oxygens (including phenoxy) is 6. The quantitative estimate of drug-likeness (QED) is 0.0857. The van der Waals surface area contributed by atoms with Gasteiger partial charge in [-0.05, 0) is 56.7 Å². The molecule has 0 bridgehead atoms. The third-order valence-corrected chi connectivity index (χ3v) is 5.11. The molecule has 0 radical (unpaired) electrons. The van der Waals surface area contributed by atoms with Crippen LogP contribution in [0.4, 0.5) is 0 Å². The number of hydrogen-bond acceptors (Lipinski definition) is 10. The molecule has 0 amide bonds. The van der Waals surface area contributed by atoms with Crippen molar-refractivity contribution in [3.8, 4) is 17.2 Å². The summed E-state index contributed by atoms with van der Waals surface area (Å²) in [5, 5.41) is 9.14. The van der Waals surface area contributed by atoms with Crippen LogP contribution in [0.25, 0.3) is 6.08 Å². The smallest absolute Gasteiger partial charge is 0.330 e. The summed E-state index contributed by atoms with van der Waals surface area (Å²) < 4.78 is 32.9. The van der Waals surface area contributed by atoms with E-state index in [0.717, 1.165) is 24.3 Å². The van der Waals surface area contributed by atoms with Gasteiger partial charge in [-0.3, -0.25) is 0 Å². The summed E-state index contributed by atoms with van der Waals surface area (Å²) in [5.74, 6) is -1.67. The second-order valence-corrected chi connectivity index (χ2v) is 8.26. The highest BCUT2D eigenvalue weighted by molar-refractivity contribution is 5.86. The Hall–Kier alpha value is -4.54. The Morgan fingerprint density at radius 2 is 1.02 bits per heavy atom. The lowest BCUT2D eigenvalue weighted by Gasteiger charge is -2.19. The van der Waals surface area contributed by atoms with Crippen molar-refractivity contribution >= 4 is 30.0 Å². The molecule has 0 atom stereocenters. The maximum atomic E-state index is 11.2. The monoisotopic (exact) mass is 574 g/mol. The summed E-state index contributed by atoms with van der Waals surface area (Å²) in [7, 11) is 0. The molecule has 0 spiro atoms. The average Bonchev–Trinajstić information content (AvgIpc) is 2.97. The van der Waals surface area contributed by atoms with Crippen molar-refractivity contribution in [2.75, 3.05) is 39.6 Å². The van der Waals surface area contributed by atoms with Crippen molar-refractivity contribution in [1.29, 1.82) is 0 Å². The van der Waals surface area contributed by atoms with E-state index >= 15 is 0 Å². The van der Waals surface area contributed by atoms with Gasteiger partial charge in [0.25, 0.3) is 0 Å². The van der Waals surface area contributed by atoms with Gasteiger partial charge in [0.1, 0.15) is 0 Å². The lowest BCUT2D eigenvalue weighted by molar-refractivity contribution is -0.138. The third-order valence-electron chi connectivity index (χ3n) is 5.11. The van der Waals surface area contributed by atoms with Gasteiger partial charge in [-0.2, -0.15) is 0 Å². The van der Waals surface area contributed by atoms with E-state index in [4.69, 9.17) is 33.5 Å². The fraction of sp³-hybridized carbons (Fsp3) is 0.400. The molecule has 1 aromatic carbocycles. The number of carboxylic acids is 1. The summed E-state index contributed by atoms with van der Waals surface area (Å²) in [4.78, 5) is 44.8. The van der Waals surface area contributed by atoms with Gasteiger partial charge in [0.05, 0.1) is 39.6 Å². The first-order chi connectivity index (χ1) is 19.8. The predicted octanol–water partition coefficient (Wildman–Crippen LogP) is 4.45. The zero-order valence-electron chi connectivity index (χ0n) is 23.2. The Morgan fingerprint density at radius 1 is 0.610 bits per heavy atom. The molecule has 1 rings (SSSR count). The molecule has 0 saturated carbocycles. The Morgan fingerprint density at radius 3 is 1.46 bits per heavy atom. The molecule has 11 heteroatoms. The van der Waals surface area contributed by atoms with E-state index in [1.54, 1.807) is 12.1 Å². The highest BCUT2D eigenvalue weighted by Crippen LogP contribution is 2.41. The largest absolute Gasteiger partial charge is 0.490 e. The van der Waals surface area contributed by atoms with E-state index in [1.165, 1.54) is 6.08 Å². The first-order valence-electron chi connectivity index (χ1n) is 13.2. The molecule has 0 aliphatic rings. The number of hydrogen-bond donors (Lipinski definition) is 1. The third kappa shape index (κ3) is 15.6. The zero-order chi connectivity index (χ0) is 30.3. The van der Waals surface area contributed by atoms with Crippen molar-refractivity contribution in [2.24, 2.45) is 0 Å². The second-order valence-electron chi connectivity index (χ2n) is 8.26. The lowest BCUT2D eigenvalue weighted by atomic mass is 10.1. The number of carbonyl (C=O) groups excluding carboxylic acids is 3. The van der Waals surface area contributed by atoms with Gasteiger partial charge in [-0.1, -0.05) is 19.7 Å². The van der Waals surface area contributed by atoms with Crippen LogP contribution in [-0.4, -0.2) is 68.6 Å². The SMILES string of the molecule is C=CC(=O)OCCCCOc1ccc(/C=C/C(=O)O)c(OCCCCOC(=O)C=C)c1OCCCCOC(=O)C=C. The topological polar surface area (TPSA) is 144 Å². The first kappa shape index (κ1) is 34.5. The van der Waals surface area contributed by atoms with Crippen molar-refractivity contribution in [3.05, 3.63) is 61.7 Å². The maximum Gasteiger partial charge on any atom is 0.330 e. The maximum absolute atomic E-state index is 11.2. The summed E-state index contributed by atoms with van der Waals surface area (Å²) in [6, 6.07) is 3.31. The van der Waals surface area contributed by atoms with E-state index in [2.05, 4.69) is 19.7 Å². The second kappa shape index (κ2) is 21.3. The minimum Gasteiger partial charge on any atom is -0.490 e. The minimum absolute atomic E-state index is 0.199. The molecular formula is C30H38O11. The molecule has 41 heavy (non-hydrogen) atoms. The van der Waals surface area contributed by atoms with Crippen molar-refractivity contribution in [2.45, 2.75) is 38.5 Å². The molecule has 11 nitrogen and oxygen atoms in total. The number of unbranched alkanes of at least 4 members (excludes halogenated alkanes) is 3. The highest BCUT2D eigenvalue weighted by atomic mass is 16.6. The Kier molecular flexibility index (Phi) is 17.9. The summed E-state index contributed by atoms with van der Waals surface area (Å²) >= 11 is 0. The molecule has 0 heterocycles. The van der Waals surface area contributed by atoms with Crippen LogP contribution in [0.15, 0.2) is 56.2 Å². The van der Waals surface area contributed by atoms with Gasteiger partial charge in [-0.15, -0.1) is 0 Å². The van der Waals surface area contributed by atoms with Crippen LogP contribution in [0.3, 0.4) is 0 Å². The van der Waals surface area contributed by atoms with E-state index < -0.39 is 23.9 Å². The molecular weight excluding hydrogens is 536 g/mol. The number of carbonyl (C=O) groups is 4.